The van der Waals surface area contributed by atoms with Crippen LogP contribution >= 0.6 is 11.6 Å². The molecule has 3 aromatic carbocycles. The third-order valence-electron chi connectivity index (χ3n) is 8.12. The normalized spacial score (nSPS) is 15.1. The predicted octanol–water partition coefficient (Wildman–Crippen LogP) is 8.36. The van der Waals surface area contributed by atoms with Crippen molar-refractivity contribution in [3.8, 4) is 22.9 Å². The number of anilines is 3. The van der Waals surface area contributed by atoms with Crippen molar-refractivity contribution in [2.75, 3.05) is 29.0 Å². The van der Waals surface area contributed by atoms with Gasteiger partial charge in [-0.3, -0.25) is 0 Å². The van der Waals surface area contributed by atoms with Crippen molar-refractivity contribution in [1.82, 2.24) is 19.9 Å². The van der Waals surface area contributed by atoms with Gasteiger partial charge in [0.15, 0.2) is 0 Å². The fourth-order valence-electron chi connectivity index (χ4n) is 5.95. The molecule has 13 heteroatoms. The first-order valence-corrected chi connectivity index (χ1v) is 18.5. The highest BCUT2D eigenvalue weighted by atomic mass is 35.5. The van der Waals surface area contributed by atoms with Crippen molar-refractivity contribution in [3.63, 3.8) is 0 Å². The summed E-state index contributed by atoms with van der Waals surface area (Å²) in [6.07, 6.45) is 5.80. The van der Waals surface area contributed by atoms with Gasteiger partial charge in [-0.2, -0.15) is 0 Å². The average Bonchev–Trinajstić information content (AvgIpc) is 3.06. The number of hydrogen-bond donors (Lipinski definition) is 1. The monoisotopic (exact) mass is 714 g/mol. The van der Waals surface area contributed by atoms with E-state index < -0.39 is 15.6 Å². The molecule has 2 aromatic heterocycles. The number of likely N-dealkylation sites (tertiary alicyclic amines) is 1. The maximum absolute atomic E-state index is 13.2. The number of hydrogen-bond acceptors (Lipinski definition) is 9. The van der Waals surface area contributed by atoms with Crippen molar-refractivity contribution < 1.29 is 22.7 Å². The lowest BCUT2D eigenvalue weighted by atomic mass is 10.0. The summed E-state index contributed by atoms with van der Waals surface area (Å²) in [5, 5.41) is 5.04. The number of piperidine rings is 1. The lowest BCUT2D eigenvalue weighted by Gasteiger charge is -2.34. The minimum Gasteiger partial charge on any atom is -0.444 e. The van der Waals surface area contributed by atoms with Gasteiger partial charge >= 0.3 is 6.09 Å². The first kappa shape index (κ1) is 34.9. The van der Waals surface area contributed by atoms with Crippen LogP contribution in [0.4, 0.5) is 22.1 Å². The molecular weight excluding hydrogens is 676 g/mol. The minimum atomic E-state index is -3.79. The van der Waals surface area contributed by atoms with Crippen LogP contribution in [0.1, 0.15) is 39.2 Å². The number of nitrogens with zero attached hydrogens (tertiary/aromatic N) is 5. The highest BCUT2D eigenvalue weighted by Crippen LogP contribution is 2.43. The first-order chi connectivity index (χ1) is 23.8. The molecule has 0 radical (unpaired) electrons. The van der Waals surface area contributed by atoms with E-state index in [2.05, 4.69) is 15.3 Å². The van der Waals surface area contributed by atoms with Crippen LogP contribution in [-0.2, 0) is 14.8 Å². The molecule has 0 spiro atoms. The molecule has 1 amide bonds. The van der Waals surface area contributed by atoms with Gasteiger partial charge < -0.3 is 19.7 Å². The molecule has 0 bridgehead atoms. The summed E-state index contributed by atoms with van der Waals surface area (Å²) in [7, 11) is -3.79. The van der Waals surface area contributed by atoms with Crippen molar-refractivity contribution in [2.45, 2.75) is 52.2 Å². The van der Waals surface area contributed by atoms with Crippen LogP contribution in [0.15, 0.2) is 85.2 Å². The number of aryl methyl sites for hydroxylation is 1. The van der Waals surface area contributed by atoms with Gasteiger partial charge in [-0.05, 0) is 82.5 Å². The van der Waals surface area contributed by atoms with Crippen LogP contribution in [0.3, 0.4) is 0 Å². The van der Waals surface area contributed by atoms with Gasteiger partial charge in [-0.25, -0.2) is 32.5 Å². The number of pyridine rings is 1. The number of benzene rings is 3. The molecule has 1 unspecified atom stereocenters. The Hall–Kier alpha value is -4.94. The number of fused-ring (bicyclic) bond motifs is 1. The maximum atomic E-state index is 13.2. The molecule has 50 heavy (non-hydrogen) atoms. The smallest absolute Gasteiger partial charge is 0.410 e. The van der Waals surface area contributed by atoms with Gasteiger partial charge in [0, 0.05) is 42.3 Å². The Labute approximate surface area is 297 Å². The SMILES string of the molecule is Cc1ccc2c(N(c3ccccc3Cl)S(C)(=O)=O)cccc2c1Oc1ncccc1-c1ccnc(NC2CCCN(C(=O)OC(C)(C)C)C2)n1. The minimum absolute atomic E-state index is 0.0547. The number of para-hydroxylation sites is 1. The van der Waals surface area contributed by atoms with Gasteiger partial charge in [0.05, 0.1) is 33.9 Å². The van der Waals surface area contributed by atoms with Crippen LogP contribution in [0.25, 0.3) is 22.0 Å². The van der Waals surface area contributed by atoms with E-state index in [4.69, 9.17) is 26.1 Å². The Morgan fingerprint density at radius 1 is 0.960 bits per heavy atom. The van der Waals surface area contributed by atoms with Crippen LogP contribution in [0, 0.1) is 6.92 Å². The zero-order valence-corrected chi connectivity index (χ0v) is 30.1. The molecule has 0 saturated carbocycles. The van der Waals surface area contributed by atoms with E-state index in [0.29, 0.717) is 69.1 Å². The zero-order chi connectivity index (χ0) is 35.6. The quantitative estimate of drug-likeness (QED) is 0.169. The van der Waals surface area contributed by atoms with Gasteiger partial charge in [0.2, 0.25) is 21.9 Å². The molecule has 11 nitrogen and oxygen atoms in total. The lowest BCUT2D eigenvalue weighted by Crippen LogP contribution is -2.47. The molecule has 3 heterocycles. The molecule has 5 aromatic rings. The number of sulfonamides is 1. The number of carbonyl (C=O) groups is 1. The molecule has 0 aliphatic carbocycles. The number of nitrogens with one attached hydrogen (secondary N) is 1. The van der Waals surface area contributed by atoms with E-state index in [-0.39, 0.29) is 12.1 Å². The second-order valence-corrected chi connectivity index (χ2v) is 15.4. The van der Waals surface area contributed by atoms with Crippen LogP contribution < -0.4 is 14.4 Å². The number of ether oxygens (including phenoxy) is 2. The Morgan fingerprint density at radius 2 is 1.74 bits per heavy atom. The van der Waals surface area contributed by atoms with E-state index in [0.717, 1.165) is 24.7 Å². The summed E-state index contributed by atoms with van der Waals surface area (Å²) in [4.78, 5) is 28.2. The van der Waals surface area contributed by atoms with Gasteiger partial charge in [0.1, 0.15) is 11.4 Å². The summed E-state index contributed by atoms with van der Waals surface area (Å²) in [5.41, 5.74) is 2.26. The van der Waals surface area contributed by atoms with E-state index >= 15 is 0 Å². The third kappa shape index (κ3) is 7.76. The Bertz CT molecular complexity index is 2160. The number of rotatable bonds is 8. The van der Waals surface area contributed by atoms with E-state index in [1.807, 2.05) is 52.0 Å². The zero-order valence-electron chi connectivity index (χ0n) is 28.6. The molecule has 1 saturated heterocycles. The first-order valence-electron chi connectivity index (χ1n) is 16.3. The molecule has 1 aliphatic heterocycles. The summed E-state index contributed by atoms with van der Waals surface area (Å²) in [6.45, 7) is 8.59. The molecule has 1 N–H and O–H groups in total. The van der Waals surface area contributed by atoms with Crippen LogP contribution in [0.2, 0.25) is 5.02 Å². The fraction of sp³-hybridized carbons (Fsp3) is 0.297. The number of halogens is 1. The Balaban J connectivity index is 1.31. The summed E-state index contributed by atoms with van der Waals surface area (Å²) in [6, 6.07) is 21.4. The highest BCUT2D eigenvalue weighted by molar-refractivity contribution is 7.92. The van der Waals surface area contributed by atoms with E-state index in [1.165, 1.54) is 4.31 Å². The maximum Gasteiger partial charge on any atom is 0.410 e. The molecule has 1 aliphatic rings. The fourth-order valence-corrected chi connectivity index (χ4v) is 7.25. The van der Waals surface area contributed by atoms with Crippen molar-refractivity contribution >= 4 is 55.8 Å². The number of carbonyl (C=O) groups excluding carboxylic acids is 1. The second-order valence-electron chi connectivity index (χ2n) is 13.2. The standard InChI is InChI=1S/C37H39ClN6O5S/c1-24-17-18-26-27(12-8-16-31(26)44(50(5,46)47)32-15-7-6-14-29(32)38)33(24)48-34-28(13-9-20-39-34)30-19-21-40-35(42-30)41-25-11-10-22-43(23-25)36(45)49-37(2,3)4/h6-9,12-21,25H,10-11,22-23H2,1-5H3,(H,40,41,42). The van der Waals surface area contributed by atoms with E-state index in [1.54, 1.807) is 65.8 Å². The lowest BCUT2D eigenvalue weighted by molar-refractivity contribution is 0.0206. The van der Waals surface area contributed by atoms with Crippen LogP contribution in [-0.4, -0.2) is 65.4 Å². The number of amides is 1. The summed E-state index contributed by atoms with van der Waals surface area (Å²) in [5.74, 6) is 1.26. The molecule has 260 valence electrons. The third-order valence-corrected chi connectivity index (χ3v) is 9.49. The number of aromatic nitrogens is 3. The van der Waals surface area contributed by atoms with Gasteiger partial charge in [0.25, 0.3) is 0 Å². The summed E-state index contributed by atoms with van der Waals surface area (Å²) >= 11 is 6.50. The molecule has 1 atom stereocenters. The summed E-state index contributed by atoms with van der Waals surface area (Å²) < 4.78 is 39.8. The van der Waals surface area contributed by atoms with Gasteiger partial charge in [-0.15, -0.1) is 0 Å². The Morgan fingerprint density at radius 3 is 2.50 bits per heavy atom. The van der Waals surface area contributed by atoms with Gasteiger partial charge in [-0.1, -0.05) is 48.0 Å². The predicted molar refractivity (Wildman–Crippen MR) is 197 cm³/mol. The Kier molecular flexibility index (Phi) is 9.86. The van der Waals surface area contributed by atoms with Crippen molar-refractivity contribution in [3.05, 3.63) is 95.8 Å². The highest BCUT2D eigenvalue weighted by Gasteiger charge is 2.29. The molecule has 6 rings (SSSR count). The topological polar surface area (TPSA) is 127 Å². The van der Waals surface area contributed by atoms with Crippen molar-refractivity contribution in [1.29, 1.82) is 0 Å². The second kappa shape index (κ2) is 14.1. The molecular formula is C37H39ClN6O5S. The van der Waals surface area contributed by atoms with Crippen molar-refractivity contribution in [2.24, 2.45) is 0 Å². The van der Waals surface area contributed by atoms with E-state index in [9.17, 15) is 13.2 Å². The van der Waals surface area contributed by atoms with Crippen LogP contribution in [0.5, 0.6) is 11.6 Å². The molecule has 1 fully saturated rings. The largest absolute Gasteiger partial charge is 0.444 e. The average molecular weight is 715 g/mol.